The van der Waals surface area contributed by atoms with Gasteiger partial charge in [-0.1, -0.05) is 18.2 Å². The van der Waals surface area contributed by atoms with Gasteiger partial charge in [-0.25, -0.2) is 8.42 Å². The number of nitrogens with one attached hydrogen (secondary N) is 1. The van der Waals surface area contributed by atoms with Gasteiger partial charge in [-0.2, -0.15) is 0 Å². The largest absolute Gasteiger partial charge is 0.495 e. The second kappa shape index (κ2) is 6.98. The molecule has 0 atom stereocenters. The average Bonchev–Trinajstić information content (AvgIpc) is 3.11. The zero-order valence-electron chi connectivity index (χ0n) is 15.0. The first-order valence-electron chi connectivity index (χ1n) is 8.39. The maximum absolute atomic E-state index is 12.8. The summed E-state index contributed by atoms with van der Waals surface area (Å²) in [6, 6.07) is 12.1. The molecule has 29 heavy (non-hydrogen) atoms. The van der Waals surface area contributed by atoms with Crippen LogP contribution in [0, 0.1) is 10.1 Å². The van der Waals surface area contributed by atoms with E-state index in [9.17, 15) is 23.3 Å². The molecule has 0 radical (unpaired) electrons. The highest BCUT2D eigenvalue weighted by Gasteiger charge is 2.30. The fourth-order valence-electron chi connectivity index (χ4n) is 3.17. The predicted molar refractivity (Wildman–Crippen MR) is 108 cm³/mol. The number of hydrogen-bond donors (Lipinski definition) is 1. The Bertz CT molecular complexity index is 1260. The van der Waals surface area contributed by atoms with Gasteiger partial charge in [-0.3, -0.25) is 14.9 Å². The number of carbonyl (C=O) groups is 1. The number of nitro groups is 1. The van der Waals surface area contributed by atoms with Gasteiger partial charge in [0.25, 0.3) is 11.6 Å². The van der Waals surface area contributed by atoms with E-state index in [2.05, 4.69) is 5.32 Å². The normalized spacial score (nSPS) is 13.8. The summed E-state index contributed by atoms with van der Waals surface area (Å²) in [5.41, 5.74) is 1.10. The van der Waals surface area contributed by atoms with Crippen molar-refractivity contribution in [2.75, 3.05) is 12.4 Å². The molecular formula is C19H14N2O6S2. The molecule has 10 heteroatoms. The molecule has 1 amide bonds. The van der Waals surface area contributed by atoms with Crippen LogP contribution in [0.5, 0.6) is 5.75 Å². The number of amides is 1. The van der Waals surface area contributed by atoms with Crippen LogP contribution in [0.15, 0.2) is 53.4 Å². The van der Waals surface area contributed by atoms with Gasteiger partial charge in [0, 0.05) is 22.6 Å². The zero-order chi connectivity index (χ0) is 20.8. The zero-order valence-corrected chi connectivity index (χ0v) is 16.7. The lowest BCUT2D eigenvalue weighted by molar-refractivity contribution is -0.384. The van der Waals surface area contributed by atoms with E-state index in [-0.39, 0.29) is 27.8 Å². The summed E-state index contributed by atoms with van der Waals surface area (Å²) in [4.78, 5) is 24.5. The fourth-order valence-corrected chi connectivity index (χ4v) is 6.03. The standard InChI is InChI=1S/C19H14N2O6S2/c1-27-15-7-6-12(21(23)24)9-14(15)20-19(22)16-8-11-10-29(25,26)17-5-3-2-4-13(17)18(11)28-16/h2-9H,10H2,1H3,(H,20,22). The van der Waals surface area contributed by atoms with Crippen LogP contribution in [-0.4, -0.2) is 26.4 Å². The molecule has 1 aliphatic heterocycles. The second-order valence-electron chi connectivity index (χ2n) is 6.32. The number of benzene rings is 2. The molecule has 0 aliphatic carbocycles. The van der Waals surface area contributed by atoms with E-state index in [0.717, 1.165) is 4.88 Å². The first-order valence-corrected chi connectivity index (χ1v) is 10.9. The van der Waals surface area contributed by atoms with Crippen LogP contribution in [0.1, 0.15) is 15.2 Å². The lowest BCUT2D eigenvalue weighted by Crippen LogP contribution is -2.12. The molecule has 0 bridgehead atoms. The third-order valence-electron chi connectivity index (χ3n) is 4.49. The monoisotopic (exact) mass is 430 g/mol. The van der Waals surface area contributed by atoms with Crippen LogP contribution < -0.4 is 10.1 Å². The van der Waals surface area contributed by atoms with Gasteiger partial charge >= 0.3 is 0 Å². The van der Waals surface area contributed by atoms with E-state index in [1.165, 1.54) is 36.6 Å². The Labute approximate surface area is 169 Å². The highest BCUT2D eigenvalue weighted by atomic mass is 32.2. The lowest BCUT2D eigenvalue weighted by atomic mass is 10.1. The Kier molecular flexibility index (Phi) is 4.59. The molecule has 148 valence electrons. The van der Waals surface area contributed by atoms with Crippen molar-refractivity contribution in [1.82, 2.24) is 0 Å². The summed E-state index contributed by atoms with van der Waals surface area (Å²) in [5.74, 6) is -0.403. The lowest BCUT2D eigenvalue weighted by Gasteiger charge is -2.15. The van der Waals surface area contributed by atoms with E-state index in [1.54, 1.807) is 30.3 Å². The number of thiophene rings is 1. The van der Waals surface area contributed by atoms with Crippen LogP contribution in [0.2, 0.25) is 0 Å². The highest BCUT2D eigenvalue weighted by molar-refractivity contribution is 7.91. The summed E-state index contributed by atoms with van der Waals surface area (Å²) in [6.07, 6.45) is 0. The quantitative estimate of drug-likeness (QED) is 0.496. The van der Waals surface area contributed by atoms with Gasteiger partial charge < -0.3 is 10.1 Å². The third kappa shape index (κ3) is 3.36. The van der Waals surface area contributed by atoms with Crippen LogP contribution >= 0.6 is 11.3 Å². The van der Waals surface area contributed by atoms with Gasteiger partial charge in [0.05, 0.1) is 33.2 Å². The van der Waals surface area contributed by atoms with Gasteiger partial charge in [0.2, 0.25) is 0 Å². The van der Waals surface area contributed by atoms with E-state index in [0.29, 0.717) is 16.0 Å². The van der Waals surface area contributed by atoms with Crippen LogP contribution in [-0.2, 0) is 15.6 Å². The third-order valence-corrected chi connectivity index (χ3v) is 7.41. The van der Waals surface area contributed by atoms with Crippen LogP contribution in [0.25, 0.3) is 10.4 Å². The molecule has 8 nitrogen and oxygen atoms in total. The summed E-state index contributed by atoms with van der Waals surface area (Å²) in [5, 5.41) is 13.6. The van der Waals surface area contributed by atoms with Gasteiger partial charge in [-0.05, 0) is 23.8 Å². The molecule has 4 rings (SSSR count). The number of carbonyl (C=O) groups excluding carboxylic acids is 1. The number of nitro benzene ring substituents is 1. The summed E-state index contributed by atoms with van der Waals surface area (Å²) in [6.45, 7) is 0. The van der Waals surface area contributed by atoms with Crippen molar-refractivity contribution < 1.29 is 22.9 Å². The Hall–Kier alpha value is -3.24. The minimum atomic E-state index is -3.47. The molecule has 3 aromatic rings. The van der Waals surface area contributed by atoms with E-state index in [4.69, 9.17) is 4.74 Å². The Morgan fingerprint density at radius 1 is 1.21 bits per heavy atom. The number of nitrogens with zero attached hydrogens (tertiary/aromatic N) is 1. The molecular weight excluding hydrogens is 416 g/mol. The molecule has 1 N–H and O–H groups in total. The summed E-state index contributed by atoms with van der Waals surface area (Å²) >= 11 is 1.18. The molecule has 1 aromatic heterocycles. The van der Waals surface area contributed by atoms with Crippen molar-refractivity contribution in [3.05, 3.63) is 69.1 Å². The van der Waals surface area contributed by atoms with E-state index in [1.807, 2.05) is 0 Å². The van der Waals surface area contributed by atoms with Crippen molar-refractivity contribution in [3.8, 4) is 16.2 Å². The molecule has 0 unspecified atom stereocenters. The predicted octanol–water partition coefficient (Wildman–Crippen LogP) is 3.87. The Morgan fingerprint density at radius 2 is 1.97 bits per heavy atom. The second-order valence-corrected chi connectivity index (χ2v) is 9.33. The van der Waals surface area contributed by atoms with Crippen LogP contribution in [0.4, 0.5) is 11.4 Å². The highest BCUT2D eigenvalue weighted by Crippen LogP contribution is 2.43. The fraction of sp³-hybridized carbons (Fsp3) is 0.105. The number of hydrogen-bond acceptors (Lipinski definition) is 7. The molecule has 1 aliphatic rings. The molecule has 2 aromatic carbocycles. The number of rotatable bonds is 4. The topological polar surface area (TPSA) is 116 Å². The van der Waals surface area contributed by atoms with E-state index >= 15 is 0 Å². The molecule has 0 saturated heterocycles. The number of non-ortho nitro benzene ring substituents is 1. The maximum Gasteiger partial charge on any atom is 0.271 e. The number of anilines is 1. The molecule has 2 heterocycles. The minimum absolute atomic E-state index is 0.158. The van der Waals surface area contributed by atoms with Crippen LogP contribution in [0.3, 0.4) is 0 Å². The van der Waals surface area contributed by atoms with E-state index < -0.39 is 20.7 Å². The molecule has 0 saturated carbocycles. The van der Waals surface area contributed by atoms with Crippen molar-refractivity contribution >= 4 is 38.5 Å². The number of fused-ring (bicyclic) bond motifs is 3. The maximum atomic E-state index is 12.8. The molecule has 0 fully saturated rings. The SMILES string of the molecule is COc1ccc([N+](=O)[O-])cc1NC(=O)c1cc2c(s1)-c1ccccc1S(=O)(=O)C2. The molecule has 0 spiro atoms. The van der Waals surface area contributed by atoms with Crippen molar-refractivity contribution in [2.24, 2.45) is 0 Å². The number of sulfone groups is 1. The Balaban J connectivity index is 1.71. The first kappa shape index (κ1) is 19.1. The first-order chi connectivity index (χ1) is 13.8. The van der Waals surface area contributed by atoms with Crippen molar-refractivity contribution in [2.45, 2.75) is 10.6 Å². The smallest absolute Gasteiger partial charge is 0.271 e. The van der Waals surface area contributed by atoms with Gasteiger partial charge in [-0.15, -0.1) is 11.3 Å². The minimum Gasteiger partial charge on any atom is -0.495 e. The van der Waals surface area contributed by atoms with Gasteiger partial charge in [0.15, 0.2) is 9.84 Å². The summed E-state index contributed by atoms with van der Waals surface area (Å²) in [7, 11) is -2.08. The van der Waals surface area contributed by atoms with Gasteiger partial charge in [0.1, 0.15) is 5.75 Å². The number of ether oxygens (including phenoxy) is 1. The van der Waals surface area contributed by atoms with Crippen molar-refractivity contribution in [3.63, 3.8) is 0 Å². The average molecular weight is 430 g/mol. The summed E-state index contributed by atoms with van der Waals surface area (Å²) < 4.78 is 30.2. The Morgan fingerprint density at radius 3 is 2.69 bits per heavy atom. The van der Waals surface area contributed by atoms with Crippen molar-refractivity contribution in [1.29, 1.82) is 0 Å². The number of methoxy groups -OCH3 is 1.